The molecular formula is C71H99N14O20S4+. The monoisotopic (exact) mass is 1600 g/mol. The lowest BCUT2D eigenvalue weighted by molar-refractivity contribution is -0.750. The Labute approximate surface area is 646 Å². The SMILES string of the molecule is C=C/C=C/C(=O)NCC.C=C/C=C/C(=O)NCC.C=CC(=O)NCC.CCN.CCNC(=O)/C=[N+](\C)O.CCNC(=O)/C=[N+](\C)[O-].CCNC(=O)C1C=CCC(C#N)=C1.CCSC1CC(=O)N(c2cccc(OS(=O)(=O)O/C=C/C#N)c2)C1=O.CCSC1CC(=O)N(c2cccc(OS(=O)(=O)O/C=C/C#N)c2)C1=O. The van der Waals surface area contributed by atoms with Gasteiger partial charge in [-0.15, -0.1) is 40.4 Å². The van der Waals surface area contributed by atoms with Gasteiger partial charge in [0.05, 0.1) is 58.2 Å². The minimum Gasteiger partial charge on any atom is -0.624 e. The molecule has 34 nitrogen and oxygen atoms in total. The number of rotatable bonds is 28. The number of amides is 10. The molecule has 0 saturated carbocycles. The van der Waals surface area contributed by atoms with Crippen LogP contribution < -0.4 is 55.8 Å². The number of anilines is 2. The molecule has 10 amide bonds. The molecule has 38 heteroatoms. The smallest absolute Gasteiger partial charge is 0.500 e. The van der Waals surface area contributed by atoms with Crippen molar-refractivity contribution in [2.75, 3.05) is 81.2 Å². The van der Waals surface area contributed by atoms with Crippen molar-refractivity contribution in [3.8, 4) is 29.7 Å². The summed E-state index contributed by atoms with van der Waals surface area (Å²) in [6.45, 7) is 31.4. The van der Waals surface area contributed by atoms with Gasteiger partial charge in [0.15, 0.2) is 7.05 Å². The molecular weight excluding hydrogens is 1500 g/mol. The molecule has 2 aliphatic heterocycles. The van der Waals surface area contributed by atoms with Crippen LogP contribution in [0.5, 0.6) is 11.5 Å². The molecule has 0 radical (unpaired) electrons. The highest BCUT2D eigenvalue weighted by Crippen LogP contribution is 2.33. The van der Waals surface area contributed by atoms with Gasteiger partial charge in [-0.1, -0.05) is 95.2 Å². The second kappa shape index (κ2) is 63.6. The van der Waals surface area contributed by atoms with Crippen LogP contribution in [0.1, 0.15) is 81.6 Å². The molecule has 2 fully saturated rings. The maximum absolute atomic E-state index is 12.3. The molecule has 3 atom stereocenters. The number of thioether (sulfide) groups is 2. The standard InChI is InChI=1S/2C15H14N2O6S2.C10H12N2O.2C7H11NO.2C5H10N2O2.C5H9NO.C2H7N/c2*1-2-24-13-10-14(18)17(15(13)19)11-5-3-6-12(9-11)23-25(20,21)22-8-4-7-16;1-2-12-10(13)9-5-3-4-8(6-9)7-11;2*1-3-5-6-7(9)8-4-2;2*1-3-6-5(8)4-7(2)9;1-3-5(7)6-4-2;1-2-3/h2*3-6,8-9,13H,2,10H2,1H3;3,5-6,9H,2,4H2,1H3,(H,12,13);2*3,5-6H,1,4H2,2H3,(H,8,9);4H,3H2,1-2H3,(H-,6,8,9);4H,3H2,1-2H3,(H,6,8);3H,1,4H2,2H3,(H,6,7);2-3H2,1H3/p+1/b2*8-4+;;2*6-5+;;7-4+;;. The predicted octanol–water partition coefficient (Wildman–Crippen LogP) is 5.21. The summed E-state index contributed by atoms with van der Waals surface area (Å²) in [5, 5.41) is 58.3. The summed E-state index contributed by atoms with van der Waals surface area (Å²) in [5.41, 5.74) is 5.95. The van der Waals surface area contributed by atoms with Crippen molar-refractivity contribution in [3.63, 3.8) is 0 Å². The normalized spacial score (nSPS) is 14.6. The van der Waals surface area contributed by atoms with Gasteiger partial charge < -0.3 is 59.6 Å². The van der Waals surface area contributed by atoms with Crippen LogP contribution in [-0.4, -0.2) is 185 Å². The fourth-order valence-electron chi connectivity index (χ4n) is 7.31. The summed E-state index contributed by atoms with van der Waals surface area (Å²) in [4.78, 5) is 114. The van der Waals surface area contributed by atoms with Gasteiger partial charge in [0.2, 0.25) is 53.5 Å². The lowest BCUT2D eigenvalue weighted by atomic mass is 9.97. The number of imide groups is 2. The lowest BCUT2D eigenvalue weighted by Crippen LogP contribution is -2.31. The molecule has 596 valence electrons. The minimum absolute atomic E-state index is 0.0359. The Kier molecular flexibility index (Phi) is 60.6. The first-order valence-corrected chi connectivity index (χ1v) is 37.8. The van der Waals surface area contributed by atoms with Gasteiger partial charge in [0.25, 0.3) is 6.21 Å². The van der Waals surface area contributed by atoms with Crippen molar-refractivity contribution < 1.29 is 96.2 Å². The van der Waals surface area contributed by atoms with Crippen LogP contribution >= 0.6 is 23.5 Å². The van der Waals surface area contributed by atoms with E-state index >= 15 is 0 Å². The number of benzene rings is 2. The van der Waals surface area contributed by atoms with Crippen molar-refractivity contribution in [1.29, 1.82) is 15.8 Å². The topological polar surface area (TPSA) is 501 Å². The second-order valence-corrected chi connectivity index (χ2v) is 25.3. The first-order valence-electron chi connectivity index (χ1n) is 33.1. The molecule has 3 aliphatic rings. The van der Waals surface area contributed by atoms with Gasteiger partial charge in [-0.2, -0.15) is 15.8 Å². The van der Waals surface area contributed by atoms with Gasteiger partial charge in [-0.3, -0.25) is 53.2 Å². The van der Waals surface area contributed by atoms with Crippen LogP contribution in [0.15, 0.2) is 159 Å². The highest BCUT2D eigenvalue weighted by molar-refractivity contribution is 8.00. The molecule has 0 aromatic heterocycles. The molecule has 0 spiro atoms. The van der Waals surface area contributed by atoms with Crippen LogP contribution in [0.3, 0.4) is 0 Å². The maximum atomic E-state index is 12.3. The van der Waals surface area contributed by atoms with E-state index in [1.54, 1.807) is 49.4 Å². The number of hydrogen-bond acceptors (Lipinski definition) is 26. The van der Waals surface area contributed by atoms with E-state index in [1.807, 2.05) is 67.5 Å². The van der Waals surface area contributed by atoms with Crippen molar-refractivity contribution in [2.45, 2.75) is 92.1 Å². The van der Waals surface area contributed by atoms with Crippen LogP contribution in [0, 0.1) is 45.1 Å². The number of hydroxylamine groups is 2. The van der Waals surface area contributed by atoms with E-state index in [4.69, 9.17) is 35.1 Å². The van der Waals surface area contributed by atoms with Crippen LogP contribution in [-0.2, 0) is 77.1 Å². The Morgan fingerprint density at radius 1 is 0.624 bits per heavy atom. The molecule has 109 heavy (non-hydrogen) atoms. The summed E-state index contributed by atoms with van der Waals surface area (Å²) < 4.78 is 65.8. The molecule has 5 rings (SSSR count). The number of nitrogens with zero attached hydrogens (tertiary/aromatic N) is 7. The predicted molar refractivity (Wildman–Crippen MR) is 418 cm³/mol. The third-order valence-electron chi connectivity index (χ3n) is 11.3. The van der Waals surface area contributed by atoms with Gasteiger partial charge in [-0.25, -0.2) is 14.5 Å². The molecule has 3 unspecified atom stereocenters. The van der Waals surface area contributed by atoms with E-state index in [9.17, 15) is 70.0 Å². The number of carbonyl (C=O) groups excluding carboxylic acids is 10. The van der Waals surface area contributed by atoms with E-state index in [0.29, 0.717) is 84.8 Å². The Bertz CT molecular complexity index is 3700. The Morgan fingerprint density at radius 2 is 1.00 bits per heavy atom. The van der Waals surface area contributed by atoms with Crippen LogP contribution in [0.2, 0.25) is 0 Å². The first-order chi connectivity index (χ1) is 51.7. The average molecular weight is 1600 g/mol. The minimum atomic E-state index is -4.42. The van der Waals surface area contributed by atoms with Gasteiger partial charge in [0, 0.05) is 88.4 Å². The fourth-order valence-corrected chi connectivity index (χ4v) is 10.3. The van der Waals surface area contributed by atoms with Crippen molar-refractivity contribution >= 4 is 127 Å². The van der Waals surface area contributed by atoms with Crippen LogP contribution in [0.25, 0.3) is 0 Å². The number of likely N-dealkylation sites (N-methyl/N-ethyl adjacent to an activating group) is 3. The number of nitrogens with two attached hydrogens (primary N) is 1. The lowest BCUT2D eigenvalue weighted by Gasteiger charge is -2.15. The Balaban J connectivity index is -0.000000605. The molecule has 2 saturated heterocycles. The number of allylic oxidation sites excluding steroid dienone is 8. The molecule has 2 aromatic rings. The summed E-state index contributed by atoms with van der Waals surface area (Å²) in [5.74, 6) is -1.45. The van der Waals surface area contributed by atoms with Gasteiger partial charge in [0.1, 0.15) is 31.1 Å². The number of carbonyl (C=O) groups is 10. The van der Waals surface area contributed by atoms with Crippen LogP contribution in [0.4, 0.5) is 11.4 Å². The highest BCUT2D eigenvalue weighted by atomic mass is 32.3. The van der Waals surface area contributed by atoms with Crippen molar-refractivity contribution in [1.82, 2.24) is 31.9 Å². The molecule has 2 heterocycles. The third-order valence-corrected chi connectivity index (χ3v) is 15.0. The van der Waals surface area contributed by atoms with E-state index in [1.165, 1.54) is 104 Å². The van der Waals surface area contributed by atoms with E-state index in [2.05, 4.69) is 66.1 Å². The second-order valence-electron chi connectivity index (χ2n) is 20.0. The summed E-state index contributed by atoms with van der Waals surface area (Å²) in [7, 11) is -6.22. The molecule has 0 bridgehead atoms. The largest absolute Gasteiger partial charge is 0.624 e. The Hall–Kier alpha value is -11.6. The quantitative estimate of drug-likeness (QED) is 0.00463. The van der Waals surface area contributed by atoms with Gasteiger partial charge in [-0.05, 0) is 94.7 Å². The zero-order chi connectivity index (χ0) is 83.8. The summed E-state index contributed by atoms with van der Waals surface area (Å²) in [6.07, 6.45) is 21.7. The Morgan fingerprint density at radius 3 is 1.32 bits per heavy atom. The third kappa shape index (κ3) is 52.1. The number of nitriles is 3. The highest BCUT2D eigenvalue weighted by Gasteiger charge is 2.41. The average Bonchev–Trinajstić information content (AvgIpc) is 1.62. The number of hydrogen-bond donors (Lipinski definition) is 8. The number of nitrogens with one attached hydrogen (secondary N) is 6. The molecule has 9 N–H and O–H groups in total. The molecule has 1 aliphatic carbocycles. The van der Waals surface area contributed by atoms with Gasteiger partial charge >= 0.3 is 32.6 Å². The summed E-state index contributed by atoms with van der Waals surface area (Å²) >= 11 is 2.76. The van der Waals surface area contributed by atoms with Crippen molar-refractivity contribution in [3.05, 3.63) is 164 Å². The maximum Gasteiger partial charge on any atom is 0.500 e. The zero-order valence-corrected chi connectivity index (χ0v) is 66.0. The summed E-state index contributed by atoms with van der Waals surface area (Å²) in [6, 6.07) is 16.3. The molecule has 2 aromatic carbocycles. The zero-order valence-electron chi connectivity index (χ0n) is 62.7. The fraction of sp³-hybridized carbons (Fsp3) is 0.366. The first kappa shape index (κ1) is 104. The van der Waals surface area contributed by atoms with E-state index in [-0.39, 0.29) is 101 Å². The van der Waals surface area contributed by atoms with Crippen molar-refractivity contribution in [2.24, 2.45) is 11.7 Å². The van der Waals surface area contributed by atoms with E-state index < -0.39 is 31.3 Å². The van der Waals surface area contributed by atoms with E-state index in [0.717, 1.165) is 40.9 Å².